The average molecular weight is 275 g/mol. The van der Waals surface area contributed by atoms with Crippen molar-refractivity contribution in [2.24, 2.45) is 0 Å². The first-order chi connectivity index (χ1) is 10.3. The molecule has 0 bridgehead atoms. The van der Waals surface area contributed by atoms with Gasteiger partial charge in [0.2, 0.25) is 0 Å². The number of aromatic nitrogens is 1. The summed E-state index contributed by atoms with van der Waals surface area (Å²) in [4.78, 5) is 3.50. The summed E-state index contributed by atoms with van der Waals surface area (Å²) in [5, 5.41) is 13.7. The largest absolute Gasteiger partial charge is 0.357 e. The van der Waals surface area contributed by atoms with Gasteiger partial charge in [0.05, 0.1) is 17.7 Å². The number of H-pyrrole nitrogens is 1. The molecule has 2 N–H and O–H groups in total. The van der Waals surface area contributed by atoms with Gasteiger partial charge in [-0.2, -0.15) is 5.26 Å². The molecule has 0 spiro atoms. The molecule has 0 fully saturated rings. The summed E-state index contributed by atoms with van der Waals surface area (Å²) >= 11 is 0. The summed E-state index contributed by atoms with van der Waals surface area (Å²) in [5.74, 6) is 0. The standard InChI is InChI=1S/C18H17N3/c1-3-5-13(4-2)17-18-14(8-9-20-17)15-10-12(11-19)6-7-16(15)21-18/h3-7,10,17,20-21H,1-2,8-9H2/b13-5+. The van der Waals surface area contributed by atoms with Gasteiger partial charge < -0.3 is 10.3 Å². The summed E-state index contributed by atoms with van der Waals surface area (Å²) in [6.45, 7) is 8.57. The number of benzene rings is 1. The van der Waals surface area contributed by atoms with Crippen LogP contribution in [0.15, 0.2) is 55.2 Å². The van der Waals surface area contributed by atoms with Crippen LogP contribution in [0.2, 0.25) is 0 Å². The molecule has 0 radical (unpaired) electrons. The lowest BCUT2D eigenvalue weighted by Gasteiger charge is -2.25. The van der Waals surface area contributed by atoms with Gasteiger partial charge in [0.15, 0.2) is 0 Å². The molecular formula is C18H17N3. The van der Waals surface area contributed by atoms with Crippen molar-refractivity contribution >= 4 is 10.9 Å². The minimum atomic E-state index is 0.0992. The molecule has 1 aliphatic rings. The molecule has 1 aliphatic heterocycles. The van der Waals surface area contributed by atoms with Gasteiger partial charge in [-0.3, -0.25) is 0 Å². The van der Waals surface area contributed by atoms with Crippen LogP contribution in [0.5, 0.6) is 0 Å². The van der Waals surface area contributed by atoms with E-state index in [1.54, 1.807) is 6.08 Å². The fraction of sp³-hybridized carbons (Fsp3) is 0.167. The number of hydrogen-bond acceptors (Lipinski definition) is 2. The van der Waals surface area contributed by atoms with E-state index in [0.717, 1.165) is 29.4 Å². The minimum absolute atomic E-state index is 0.0992. The summed E-state index contributed by atoms with van der Waals surface area (Å²) in [5.41, 5.74) is 5.33. The zero-order valence-electron chi connectivity index (χ0n) is 11.8. The summed E-state index contributed by atoms with van der Waals surface area (Å²) < 4.78 is 0. The minimum Gasteiger partial charge on any atom is -0.357 e. The van der Waals surface area contributed by atoms with Gasteiger partial charge >= 0.3 is 0 Å². The summed E-state index contributed by atoms with van der Waals surface area (Å²) in [7, 11) is 0. The number of nitrogens with one attached hydrogen (secondary N) is 2. The van der Waals surface area contributed by atoms with Crippen LogP contribution in [0.1, 0.15) is 22.9 Å². The Kier molecular flexibility index (Phi) is 3.47. The monoisotopic (exact) mass is 275 g/mol. The van der Waals surface area contributed by atoms with Gasteiger partial charge in [-0.25, -0.2) is 0 Å². The molecule has 1 aromatic carbocycles. The number of nitrogens with zero attached hydrogens (tertiary/aromatic N) is 1. The summed E-state index contributed by atoms with van der Waals surface area (Å²) in [6, 6.07) is 8.11. The van der Waals surface area contributed by atoms with Crippen molar-refractivity contribution in [1.82, 2.24) is 10.3 Å². The van der Waals surface area contributed by atoms with E-state index < -0.39 is 0 Å². The second-order valence-electron chi connectivity index (χ2n) is 5.13. The van der Waals surface area contributed by atoms with Gasteiger partial charge in [-0.05, 0) is 35.8 Å². The lowest BCUT2D eigenvalue weighted by molar-refractivity contribution is 0.559. The predicted molar refractivity (Wildman–Crippen MR) is 85.9 cm³/mol. The molecule has 3 nitrogen and oxygen atoms in total. The molecule has 3 rings (SSSR count). The van der Waals surface area contributed by atoms with Gasteiger partial charge in [0.1, 0.15) is 0 Å². The highest BCUT2D eigenvalue weighted by molar-refractivity contribution is 5.86. The van der Waals surface area contributed by atoms with Gasteiger partial charge in [-0.15, -0.1) is 0 Å². The smallest absolute Gasteiger partial charge is 0.0991 e. The molecule has 2 aromatic rings. The lowest BCUT2D eigenvalue weighted by Crippen LogP contribution is -2.30. The Morgan fingerprint density at radius 2 is 2.24 bits per heavy atom. The maximum absolute atomic E-state index is 9.08. The average Bonchev–Trinajstić information content (AvgIpc) is 2.90. The van der Waals surface area contributed by atoms with Crippen molar-refractivity contribution in [1.29, 1.82) is 5.26 Å². The Morgan fingerprint density at radius 1 is 1.38 bits per heavy atom. The number of fused-ring (bicyclic) bond motifs is 3. The Bertz CT molecular complexity index is 787. The van der Waals surface area contributed by atoms with Gasteiger partial charge in [0, 0.05) is 23.1 Å². The van der Waals surface area contributed by atoms with Crippen molar-refractivity contribution < 1.29 is 0 Å². The molecular weight excluding hydrogens is 258 g/mol. The Morgan fingerprint density at radius 3 is 2.95 bits per heavy atom. The maximum atomic E-state index is 9.08. The van der Waals surface area contributed by atoms with E-state index in [9.17, 15) is 0 Å². The molecule has 1 aromatic heterocycles. The highest BCUT2D eigenvalue weighted by Crippen LogP contribution is 2.34. The van der Waals surface area contributed by atoms with Gasteiger partial charge in [-0.1, -0.05) is 31.4 Å². The molecule has 0 saturated heterocycles. The Hall–Kier alpha value is -2.57. The quantitative estimate of drug-likeness (QED) is 0.842. The van der Waals surface area contributed by atoms with Crippen LogP contribution in [0.4, 0.5) is 0 Å². The third kappa shape index (κ3) is 2.20. The first-order valence-electron chi connectivity index (χ1n) is 7.01. The van der Waals surface area contributed by atoms with Crippen molar-refractivity contribution in [2.45, 2.75) is 12.5 Å². The summed E-state index contributed by atoms with van der Waals surface area (Å²) in [6.07, 6.45) is 6.58. The number of hydrogen-bond donors (Lipinski definition) is 2. The van der Waals surface area contributed by atoms with Crippen LogP contribution in [-0.4, -0.2) is 11.5 Å². The predicted octanol–water partition coefficient (Wildman–Crippen LogP) is 3.52. The first-order valence-corrected chi connectivity index (χ1v) is 7.01. The fourth-order valence-corrected chi connectivity index (χ4v) is 3.00. The van der Waals surface area contributed by atoms with E-state index in [0.29, 0.717) is 5.56 Å². The highest BCUT2D eigenvalue weighted by Gasteiger charge is 2.25. The van der Waals surface area contributed by atoms with Gasteiger partial charge in [0.25, 0.3) is 0 Å². The van der Waals surface area contributed by atoms with Crippen molar-refractivity contribution in [2.75, 3.05) is 6.54 Å². The first kappa shape index (κ1) is 13.4. The third-order valence-electron chi connectivity index (χ3n) is 3.96. The third-order valence-corrected chi connectivity index (χ3v) is 3.96. The van der Waals surface area contributed by atoms with Crippen molar-refractivity contribution in [3.05, 3.63) is 72.0 Å². The molecule has 1 atom stereocenters. The second kappa shape index (κ2) is 5.43. The number of nitriles is 1. The van der Waals surface area contributed by atoms with Crippen LogP contribution < -0.4 is 5.32 Å². The maximum Gasteiger partial charge on any atom is 0.0991 e. The van der Waals surface area contributed by atoms with E-state index >= 15 is 0 Å². The number of rotatable bonds is 3. The van der Waals surface area contributed by atoms with E-state index in [-0.39, 0.29) is 6.04 Å². The Labute approximate surface area is 124 Å². The number of allylic oxidation sites excluding steroid dienone is 2. The van der Waals surface area contributed by atoms with Crippen LogP contribution in [0.3, 0.4) is 0 Å². The van der Waals surface area contributed by atoms with Crippen molar-refractivity contribution in [3.8, 4) is 6.07 Å². The van der Waals surface area contributed by atoms with Crippen molar-refractivity contribution in [3.63, 3.8) is 0 Å². The SMILES string of the molecule is C=C/C=C(\C=C)C1NCCc2c1[nH]c1ccc(C#N)cc21. The molecule has 104 valence electrons. The fourth-order valence-electron chi connectivity index (χ4n) is 3.00. The molecule has 0 aliphatic carbocycles. The normalized spacial score (nSPS) is 18.0. The van der Waals surface area contributed by atoms with Crippen LogP contribution in [0.25, 0.3) is 10.9 Å². The zero-order valence-corrected chi connectivity index (χ0v) is 11.8. The molecule has 0 amide bonds. The van der Waals surface area contributed by atoms with Crippen LogP contribution in [-0.2, 0) is 6.42 Å². The Balaban J connectivity index is 2.18. The number of aromatic amines is 1. The lowest BCUT2D eigenvalue weighted by atomic mass is 9.93. The topological polar surface area (TPSA) is 51.6 Å². The molecule has 0 saturated carbocycles. The second-order valence-corrected chi connectivity index (χ2v) is 5.13. The van der Waals surface area contributed by atoms with Crippen LogP contribution in [0, 0.1) is 11.3 Å². The van der Waals surface area contributed by atoms with E-state index in [4.69, 9.17) is 5.26 Å². The van der Waals surface area contributed by atoms with E-state index in [1.165, 1.54) is 11.3 Å². The molecule has 3 heteroatoms. The van der Waals surface area contributed by atoms with E-state index in [1.807, 2.05) is 30.4 Å². The molecule has 21 heavy (non-hydrogen) atoms. The van der Waals surface area contributed by atoms with Crippen LogP contribution >= 0.6 is 0 Å². The molecule has 2 heterocycles. The molecule has 1 unspecified atom stereocenters. The highest BCUT2D eigenvalue weighted by atomic mass is 15.0. The zero-order chi connectivity index (χ0) is 14.8. The van der Waals surface area contributed by atoms with E-state index in [2.05, 4.69) is 29.5 Å².